The van der Waals surface area contributed by atoms with Crippen LogP contribution in [0.3, 0.4) is 0 Å². The second-order valence-corrected chi connectivity index (χ2v) is 9.10. The van der Waals surface area contributed by atoms with Crippen molar-refractivity contribution < 1.29 is 18.3 Å². The van der Waals surface area contributed by atoms with E-state index in [-0.39, 0.29) is 0 Å². The van der Waals surface area contributed by atoms with Crippen molar-refractivity contribution in [2.24, 2.45) is 0 Å². The highest BCUT2D eigenvalue weighted by molar-refractivity contribution is 7.65. The largest absolute Gasteiger partial charge is 0.473 e. The van der Waals surface area contributed by atoms with Crippen LogP contribution in [0.1, 0.15) is 22.9 Å². The van der Waals surface area contributed by atoms with Crippen LogP contribution in [-0.4, -0.2) is 14.2 Å². The Morgan fingerprint density at radius 2 is 1.47 bits per heavy atom. The van der Waals surface area contributed by atoms with E-state index < -0.39 is 13.8 Å². The Kier molecular flexibility index (Phi) is 6.05. The highest BCUT2D eigenvalue weighted by Crippen LogP contribution is 2.61. The fraction of sp³-hybridized carbons (Fsp3) is 0.167. The molecular weight excluding hydrogens is 397 g/mol. The number of ether oxygens (including phenoxy) is 1. The van der Waals surface area contributed by atoms with E-state index >= 15 is 0 Å². The third-order valence-corrected chi connectivity index (χ3v) is 7.05. The SMILES string of the molecule is COP(=O)(OC)C1=COC(N(Cc2ccccc2)c2ccccc2)c2ccccc21. The number of hydrogen-bond donors (Lipinski definition) is 0. The van der Waals surface area contributed by atoms with Crippen molar-refractivity contribution in [3.63, 3.8) is 0 Å². The summed E-state index contributed by atoms with van der Waals surface area (Å²) in [6.07, 6.45) is 1.12. The first-order chi connectivity index (χ1) is 14.7. The Labute approximate surface area is 177 Å². The van der Waals surface area contributed by atoms with Gasteiger partial charge in [-0.1, -0.05) is 72.8 Å². The van der Waals surface area contributed by atoms with Gasteiger partial charge in [0.05, 0.1) is 0 Å². The average Bonchev–Trinajstić information content (AvgIpc) is 2.83. The maximum absolute atomic E-state index is 13.1. The van der Waals surface area contributed by atoms with Crippen LogP contribution in [0.2, 0.25) is 0 Å². The van der Waals surface area contributed by atoms with E-state index in [1.165, 1.54) is 20.5 Å². The van der Waals surface area contributed by atoms with Gasteiger partial charge in [0, 0.05) is 37.6 Å². The summed E-state index contributed by atoms with van der Waals surface area (Å²) < 4.78 is 29.7. The highest BCUT2D eigenvalue weighted by atomic mass is 31.2. The zero-order valence-corrected chi connectivity index (χ0v) is 17.9. The summed E-state index contributed by atoms with van der Waals surface area (Å²) in [6.45, 7) is 0.652. The van der Waals surface area contributed by atoms with E-state index in [2.05, 4.69) is 29.2 Å². The fourth-order valence-corrected chi connectivity index (χ4v) is 4.88. The topological polar surface area (TPSA) is 48.0 Å². The lowest BCUT2D eigenvalue weighted by atomic mass is 10.0. The molecule has 0 aromatic heterocycles. The van der Waals surface area contributed by atoms with E-state index in [9.17, 15) is 4.57 Å². The summed E-state index contributed by atoms with van der Waals surface area (Å²) in [6, 6.07) is 28.1. The lowest BCUT2D eigenvalue weighted by Gasteiger charge is -2.37. The van der Waals surface area contributed by atoms with Crippen LogP contribution in [0.25, 0.3) is 5.31 Å². The van der Waals surface area contributed by atoms with Gasteiger partial charge in [0.15, 0.2) is 6.23 Å². The minimum Gasteiger partial charge on any atom is -0.473 e. The third kappa shape index (κ3) is 3.92. The maximum atomic E-state index is 13.1. The van der Waals surface area contributed by atoms with Gasteiger partial charge in [-0.2, -0.15) is 0 Å². The zero-order valence-electron chi connectivity index (χ0n) is 17.0. The van der Waals surface area contributed by atoms with Crippen molar-refractivity contribution in [1.82, 2.24) is 0 Å². The molecule has 5 nitrogen and oxygen atoms in total. The molecular formula is C24H24NO4P. The molecule has 30 heavy (non-hydrogen) atoms. The summed E-state index contributed by atoms with van der Waals surface area (Å²) >= 11 is 0. The Hall–Kier alpha value is -2.85. The number of fused-ring (bicyclic) bond motifs is 1. The van der Waals surface area contributed by atoms with Crippen LogP contribution in [0, 0.1) is 0 Å². The number of anilines is 1. The van der Waals surface area contributed by atoms with Crippen LogP contribution in [0.4, 0.5) is 5.69 Å². The highest BCUT2D eigenvalue weighted by Gasteiger charge is 2.37. The monoisotopic (exact) mass is 421 g/mol. The molecule has 4 rings (SSSR count). The zero-order chi connectivity index (χ0) is 21.0. The minimum absolute atomic E-state index is 0.394. The van der Waals surface area contributed by atoms with Crippen LogP contribution in [0.15, 0.2) is 91.2 Å². The molecule has 1 atom stereocenters. The van der Waals surface area contributed by atoms with Gasteiger partial charge in [0.2, 0.25) is 0 Å². The lowest BCUT2D eigenvalue weighted by molar-refractivity contribution is 0.136. The molecule has 1 unspecified atom stereocenters. The van der Waals surface area contributed by atoms with Crippen molar-refractivity contribution in [1.29, 1.82) is 0 Å². The number of nitrogens with zero attached hydrogens (tertiary/aromatic N) is 1. The Morgan fingerprint density at radius 3 is 2.13 bits per heavy atom. The van der Waals surface area contributed by atoms with Crippen molar-refractivity contribution in [2.45, 2.75) is 12.8 Å². The summed E-state index contributed by atoms with van der Waals surface area (Å²) in [5.41, 5.74) is 3.90. The molecule has 0 saturated heterocycles. The number of para-hydroxylation sites is 1. The predicted molar refractivity (Wildman–Crippen MR) is 119 cm³/mol. The summed E-state index contributed by atoms with van der Waals surface area (Å²) in [5.74, 6) is 0. The molecule has 1 aliphatic heterocycles. The second-order valence-electron chi connectivity index (χ2n) is 6.89. The first kappa shape index (κ1) is 20.4. The van der Waals surface area contributed by atoms with E-state index in [1.54, 1.807) is 0 Å². The molecule has 0 aliphatic carbocycles. The smallest absolute Gasteiger partial charge is 0.364 e. The molecule has 6 heteroatoms. The predicted octanol–water partition coefficient (Wildman–Crippen LogP) is 6.21. The van der Waals surface area contributed by atoms with Crippen molar-refractivity contribution in [3.05, 3.63) is 108 Å². The van der Waals surface area contributed by atoms with Gasteiger partial charge in [0.25, 0.3) is 0 Å². The Bertz CT molecular complexity index is 1060. The molecule has 0 spiro atoms. The fourth-order valence-electron chi connectivity index (χ4n) is 3.65. The quantitative estimate of drug-likeness (QED) is 0.425. The summed E-state index contributed by atoms with van der Waals surface area (Å²) in [4.78, 5) is 2.19. The van der Waals surface area contributed by atoms with Gasteiger partial charge in [-0.25, -0.2) is 0 Å². The van der Waals surface area contributed by atoms with E-state index in [4.69, 9.17) is 13.8 Å². The van der Waals surface area contributed by atoms with Crippen molar-refractivity contribution >= 4 is 18.6 Å². The van der Waals surface area contributed by atoms with Gasteiger partial charge >= 0.3 is 7.60 Å². The van der Waals surface area contributed by atoms with Crippen LogP contribution < -0.4 is 4.90 Å². The maximum Gasteiger partial charge on any atom is 0.364 e. The molecule has 1 heterocycles. The molecule has 1 aliphatic rings. The lowest BCUT2D eigenvalue weighted by Crippen LogP contribution is -2.31. The molecule has 3 aromatic carbocycles. The van der Waals surface area contributed by atoms with Crippen LogP contribution in [-0.2, 0) is 24.9 Å². The van der Waals surface area contributed by atoms with Crippen LogP contribution >= 0.6 is 7.60 Å². The number of hydrogen-bond acceptors (Lipinski definition) is 5. The van der Waals surface area contributed by atoms with E-state index in [0.29, 0.717) is 11.9 Å². The second kappa shape index (κ2) is 8.88. The molecule has 0 fully saturated rings. The van der Waals surface area contributed by atoms with Crippen LogP contribution in [0.5, 0.6) is 0 Å². The Balaban J connectivity index is 1.79. The molecule has 3 aromatic rings. The van der Waals surface area contributed by atoms with Gasteiger partial charge in [-0.15, -0.1) is 0 Å². The third-order valence-electron chi connectivity index (χ3n) is 5.15. The minimum atomic E-state index is -3.47. The number of benzene rings is 3. The molecule has 0 amide bonds. The molecule has 0 N–H and O–H groups in total. The van der Waals surface area contributed by atoms with E-state index in [1.807, 2.05) is 60.7 Å². The molecule has 0 saturated carbocycles. The Morgan fingerprint density at radius 1 is 0.867 bits per heavy atom. The molecule has 154 valence electrons. The summed E-state index contributed by atoms with van der Waals surface area (Å²) in [5, 5.41) is 0.423. The van der Waals surface area contributed by atoms with Gasteiger partial charge in [0.1, 0.15) is 11.6 Å². The molecule has 0 radical (unpaired) electrons. The average molecular weight is 421 g/mol. The van der Waals surface area contributed by atoms with Gasteiger partial charge in [-0.05, 0) is 17.7 Å². The van der Waals surface area contributed by atoms with Crippen molar-refractivity contribution in [2.75, 3.05) is 19.1 Å². The van der Waals surface area contributed by atoms with Gasteiger partial charge in [-0.3, -0.25) is 4.57 Å². The first-order valence-corrected chi connectivity index (χ1v) is 11.2. The van der Waals surface area contributed by atoms with Crippen molar-refractivity contribution in [3.8, 4) is 0 Å². The molecule has 0 bridgehead atoms. The first-order valence-electron chi connectivity index (χ1n) is 9.69. The normalized spacial score (nSPS) is 15.7. The standard InChI is InChI=1S/C24H24NO4P/c1-27-30(26,28-2)23-18-29-24(22-16-10-9-15-21(22)23)25(20-13-7-4-8-14-20)17-19-11-5-3-6-12-19/h3-16,18,24H,17H2,1-2H3. The van der Waals surface area contributed by atoms with E-state index in [0.717, 1.165) is 22.4 Å². The van der Waals surface area contributed by atoms with Gasteiger partial charge < -0.3 is 18.7 Å². The summed E-state index contributed by atoms with van der Waals surface area (Å²) in [7, 11) is -0.706. The number of rotatable bonds is 7.